The molecule has 2 nitrogen and oxygen atoms in total. The highest BCUT2D eigenvalue weighted by Gasteiger charge is 1.82. The van der Waals surface area contributed by atoms with E-state index in [-0.39, 0.29) is 5.78 Å². The van der Waals surface area contributed by atoms with Crippen molar-refractivity contribution < 1.29 is 4.79 Å². The Morgan fingerprint density at radius 1 is 2.00 bits per heavy atom. The van der Waals surface area contributed by atoms with E-state index in [0.717, 1.165) is 6.08 Å². The van der Waals surface area contributed by atoms with Crippen LogP contribution in [0.2, 0.25) is 0 Å². The van der Waals surface area contributed by atoms with Crippen molar-refractivity contribution in [3.63, 3.8) is 0 Å². The maximum absolute atomic E-state index is 10.1. The summed E-state index contributed by atoms with van der Waals surface area (Å²) in [6.07, 6.45) is 1.44. The van der Waals surface area contributed by atoms with E-state index in [4.69, 9.17) is 5.41 Å². The summed E-state index contributed by atoms with van der Waals surface area (Å²) in [5.41, 5.74) is 0. The topological polar surface area (TPSA) is 39.4 Å². The standard InChI is InChI=1S/C5H6NO/c1-2-5(7)3-4-6/h3H,2H2,1H3/q-1. The first-order valence-electron chi connectivity index (χ1n) is 2.07. The third kappa shape index (κ3) is 2.94. The summed E-state index contributed by atoms with van der Waals surface area (Å²) < 4.78 is 0. The SMILES string of the molecule is CCC(=O)C=C=[N-]. The molecule has 0 amide bonds. The molecular weight excluding hydrogens is 90.1 g/mol. The molecule has 0 aromatic rings. The summed E-state index contributed by atoms with van der Waals surface area (Å²) in [6.45, 7) is 1.72. The van der Waals surface area contributed by atoms with Crippen LogP contribution in [0.3, 0.4) is 0 Å². The van der Waals surface area contributed by atoms with Crippen LogP contribution in [0, 0.1) is 0 Å². The molecule has 0 saturated carbocycles. The first kappa shape index (κ1) is 6.12. The molecule has 38 valence electrons. The number of hydrogen-bond donors (Lipinski definition) is 0. The van der Waals surface area contributed by atoms with Crippen LogP contribution < -0.4 is 0 Å². The lowest BCUT2D eigenvalue weighted by atomic mass is 10.3. The highest BCUT2D eigenvalue weighted by molar-refractivity contribution is 5.96. The maximum Gasteiger partial charge on any atom is 0.161 e. The molecule has 0 aromatic carbocycles. The molecule has 0 heterocycles. The molecule has 7 heavy (non-hydrogen) atoms. The van der Waals surface area contributed by atoms with E-state index in [1.807, 2.05) is 0 Å². The summed E-state index contributed by atoms with van der Waals surface area (Å²) >= 11 is 0. The van der Waals surface area contributed by atoms with Gasteiger partial charge in [-0.3, -0.25) is 10.7 Å². The van der Waals surface area contributed by atoms with Crippen molar-refractivity contribution in [3.8, 4) is 0 Å². The summed E-state index contributed by atoms with van der Waals surface area (Å²) in [4.78, 5) is 10.1. The Balaban J connectivity index is 3.58. The molecule has 0 aliphatic carbocycles. The van der Waals surface area contributed by atoms with Crippen molar-refractivity contribution in [1.82, 2.24) is 0 Å². The average Bonchev–Trinajstić information content (AvgIpc) is 1.68. The fourth-order valence-corrected chi connectivity index (χ4v) is 0.174. The Bertz CT molecular complexity index is 111. The lowest BCUT2D eigenvalue weighted by Gasteiger charge is -1.78. The number of allylic oxidation sites excluding steroid dienone is 1. The van der Waals surface area contributed by atoms with Crippen LogP contribution in [-0.4, -0.2) is 11.7 Å². The fourth-order valence-electron chi connectivity index (χ4n) is 0.174. The minimum Gasteiger partial charge on any atom is -0.763 e. The van der Waals surface area contributed by atoms with Crippen LogP contribution in [-0.2, 0) is 4.79 Å². The van der Waals surface area contributed by atoms with Crippen molar-refractivity contribution >= 4 is 11.7 Å². The molecule has 0 rings (SSSR count). The second-order valence-corrected chi connectivity index (χ2v) is 1.09. The minimum atomic E-state index is -0.109. The molecule has 0 saturated heterocycles. The van der Waals surface area contributed by atoms with Gasteiger partial charge in [-0.2, -0.15) is 0 Å². The van der Waals surface area contributed by atoms with Gasteiger partial charge in [0.15, 0.2) is 5.78 Å². The van der Waals surface area contributed by atoms with Gasteiger partial charge in [0.2, 0.25) is 0 Å². The van der Waals surface area contributed by atoms with Gasteiger partial charge in [0.1, 0.15) is 0 Å². The third-order valence-corrected chi connectivity index (χ3v) is 0.574. The number of ketones is 1. The number of nitrogens with zero attached hydrogens (tertiary/aromatic N) is 1. The first-order chi connectivity index (χ1) is 3.31. The van der Waals surface area contributed by atoms with Gasteiger partial charge in [-0.25, -0.2) is 0 Å². The molecule has 0 bridgehead atoms. The van der Waals surface area contributed by atoms with Crippen LogP contribution in [0.5, 0.6) is 0 Å². The summed E-state index contributed by atoms with van der Waals surface area (Å²) in [5, 5.41) is 7.84. The molecule has 0 radical (unpaired) electrons. The van der Waals surface area contributed by atoms with Crippen molar-refractivity contribution in [2.24, 2.45) is 0 Å². The molecule has 0 N–H and O–H groups in total. The quantitative estimate of drug-likeness (QED) is 0.369. The predicted molar refractivity (Wildman–Crippen MR) is 28.2 cm³/mol. The Labute approximate surface area is 42.4 Å². The van der Waals surface area contributed by atoms with Gasteiger partial charge < -0.3 is 5.41 Å². The maximum atomic E-state index is 10.1. The van der Waals surface area contributed by atoms with Crippen LogP contribution in [0.4, 0.5) is 0 Å². The fraction of sp³-hybridized carbons (Fsp3) is 0.400. The van der Waals surface area contributed by atoms with Crippen LogP contribution in [0.1, 0.15) is 13.3 Å². The van der Waals surface area contributed by atoms with E-state index in [0.29, 0.717) is 6.42 Å². The van der Waals surface area contributed by atoms with Crippen LogP contribution in [0.15, 0.2) is 6.08 Å². The number of carbonyl (C=O) groups is 1. The third-order valence-electron chi connectivity index (χ3n) is 0.574. The van der Waals surface area contributed by atoms with Gasteiger partial charge in [0, 0.05) is 6.42 Å². The number of carbonyl (C=O) groups excluding carboxylic acids is 1. The van der Waals surface area contributed by atoms with Gasteiger partial charge in [-0.15, -0.1) is 0 Å². The van der Waals surface area contributed by atoms with Gasteiger partial charge in [-0.1, -0.05) is 6.92 Å². The van der Waals surface area contributed by atoms with E-state index in [2.05, 4.69) is 0 Å². The average molecular weight is 96.1 g/mol. The molecule has 0 unspecified atom stereocenters. The Morgan fingerprint density at radius 2 is 2.57 bits per heavy atom. The first-order valence-corrected chi connectivity index (χ1v) is 2.07. The minimum absolute atomic E-state index is 0.109. The van der Waals surface area contributed by atoms with Crippen molar-refractivity contribution in [2.45, 2.75) is 13.3 Å². The second kappa shape index (κ2) is 3.32. The Kier molecular flexibility index (Phi) is 2.90. The predicted octanol–water partition coefficient (Wildman–Crippen LogP) is 0.761. The lowest BCUT2D eigenvalue weighted by Crippen LogP contribution is -1.85. The lowest BCUT2D eigenvalue weighted by molar-refractivity contribution is -0.114. The summed E-state index contributed by atoms with van der Waals surface area (Å²) in [6, 6.07) is 0. The van der Waals surface area contributed by atoms with Gasteiger partial charge in [0.25, 0.3) is 0 Å². The molecule has 0 fully saturated rings. The molecule has 2 heteroatoms. The largest absolute Gasteiger partial charge is 0.763 e. The molecule has 0 aliphatic rings. The van der Waals surface area contributed by atoms with Gasteiger partial charge in [0.05, 0.1) is 0 Å². The van der Waals surface area contributed by atoms with Crippen molar-refractivity contribution in [3.05, 3.63) is 11.5 Å². The highest BCUT2D eigenvalue weighted by atomic mass is 16.1. The zero-order valence-electron chi connectivity index (χ0n) is 4.14. The van der Waals surface area contributed by atoms with Gasteiger partial charge in [-0.05, 0) is 6.08 Å². The molecule has 0 atom stereocenters. The second-order valence-electron chi connectivity index (χ2n) is 1.09. The van der Waals surface area contributed by atoms with E-state index in [9.17, 15) is 4.79 Å². The van der Waals surface area contributed by atoms with E-state index >= 15 is 0 Å². The Morgan fingerprint density at radius 3 is 2.71 bits per heavy atom. The smallest absolute Gasteiger partial charge is 0.161 e. The van der Waals surface area contributed by atoms with E-state index < -0.39 is 0 Å². The van der Waals surface area contributed by atoms with Crippen LogP contribution in [0.25, 0.3) is 5.41 Å². The zero-order chi connectivity index (χ0) is 5.70. The van der Waals surface area contributed by atoms with Crippen molar-refractivity contribution in [2.75, 3.05) is 0 Å². The Hall–Kier alpha value is -0.880. The zero-order valence-corrected chi connectivity index (χ0v) is 4.14. The number of rotatable bonds is 2. The summed E-state index contributed by atoms with van der Waals surface area (Å²) in [7, 11) is 0. The normalized spacial score (nSPS) is 7.00. The molecule has 0 aliphatic heterocycles. The molecule has 0 aromatic heterocycles. The number of hydrogen-bond acceptors (Lipinski definition) is 1. The highest BCUT2D eigenvalue weighted by Crippen LogP contribution is 1.76. The van der Waals surface area contributed by atoms with E-state index in [1.54, 1.807) is 12.8 Å². The molecule has 0 spiro atoms. The van der Waals surface area contributed by atoms with Crippen LogP contribution >= 0.6 is 0 Å². The monoisotopic (exact) mass is 96.0 g/mol. The molecular formula is C5H6NO-. The van der Waals surface area contributed by atoms with E-state index in [1.165, 1.54) is 0 Å². The summed E-state index contributed by atoms with van der Waals surface area (Å²) in [5.74, 6) is 1.54. The van der Waals surface area contributed by atoms with Gasteiger partial charge >= 0.3 is 0 Å². The van der Waals surface area contributed by atoms with Crippen molar-refractivity contribution in [1.29, 1.82) is 0 Å².